The predicted octanol–water partition coefficient (Wildman–Crippen LogP) is 10.7. The van der Waals surface area contributed by atoms with Crippen molar-refractivity contribution in [3.8, 4) is 34.1 Å². The first-order valence-electron chi connectivity index (χ1n) is 14.3. The lowest BCUT2D eigenvalue weighted by Gasteiger charge is -2.29. The standard InChI is InChI=1S/C35H29F7O/c1-2-3-4-5-21-6-13-33(43-20-21)24-9-11-27(31(37)18-24)23-7-10-26(30(36)17-23)22-8-12-28-25(16-22)19-32(38)29(34(28)39)14-15-35(40,41)42/h7-12,16-19,21,33H,2-6,13,20H2,1H3. The highest BCUT2D eigenvalue weighted by Crippen LogP contribution is 2.36. The summed E-state index contributed by atoms with van der Waals surface area (Å²) in [5, 5.41) is -0.142. The molecule has 4 aromatic rings. The van der Waals surface area contributed by atoms with Gasteiger partial charge in [0.15, 0.2) is 0 Å². The van der Waals surface area contributed by atoms with Gasteiger partial charge in [-0.3, -0.25) is 0 Å². The van der Waals surface area contributed by atoms with Crippen molar-refractivity contribution in [2.75, 3.05) is 6.61 Å². The largest absolute Gasteiger partial charge is 0.458 e. The van der Waals surface area contributed by atoms with E-state index in [1.807, 2.05) is 0 Å². The molecular formula is C35H29F7O. The van der Waals surface area contributed by atoms with Crippen LogP contribution in [0.25, 0.3) is 33.0 Å². The molecule has 1 saturated heterocycles. The van der Waals surface area contributed by atoms with Crippen molar-refractivity contribution in [1.29, 1.82) is 0 Å². The zero-order valence-electron chi connectivity index (χ0n) is 23.4. The van der Waals surface area contributed by atoms with Gasteiger partial charge in [-0.05, 0) is 71.5 Å². The van der Waals surface area contributed by atoms with E-state index in [2.05, 4.69) is 6.92 Å². The van der Waals surface area contributed by atoms with E-state index in [4.69, 9.17) is 4.74 Å². The van der Waals surface area contributed by atoms with Crippen LogP contribution < -0.4 is 0 Å². The fourth-order valence-electron chi connectivity index (χ4n) is 5.61. The summed E-state index contributed by atoms with van der Waals surface area (Å²) < 4.78 is 103. The summed E-state index contributed by atoms with van der Waals surface area (Å²) >= 11 is 0. The van der Waals surface area contributed by atoms with Gasteiger partial charge in [-0.25, -0.2) is 17.6 Å². The minimum atomic E-state index is -4.91. The molecule has 0 N–H and O–H groups in total. The summed E-state index contributed by atoms with van der Waals surface area (Å²) in [5.74, 6) is -0.780. The molecule has 1 heterocycles. The molecule has 0 spiro atoms. The molecule has 43 heavy (non-hydrogen) atoms. The van der Waals surface area contributed by atoms with Crippen LogP contribution in [0, 0.1) is 41.0 Å². The summed E-state index contributed by atoms with van der Waals surface area (Å²) in [5.41, 5.74) is 0.668. The third-order valence-corrected chi connectivity index (χ3v) is 7.90. The molecule has 5 rings (SSSR count). The second-order valence-electron chi connectivity index (χ2n) is 10.9. The number of fused-ring (bicyclic) bond motifs is 1. The third-order valence-electron chi connectivity index (χ3n) is 7.90. The maximum Gasteiger partial charge on any atom is 0.458 e. The minimum absolute atomic E-state index is 0.0207. The van der Waals surface area contributed by atoms with Crippen LogP contribution in [-0.4, -0.2) is 12.8 Å². The van der Waals surface area contributed by atoms with Crippen LogP contribution in [0.1, 0.15) is 62.7 Å². The van der Waals surface area contributed by atoms with Gasteiger partial charge in [-0.15, -0.1) is 0 Å². The van der Waals surface area contributed by atoms with E-state index in [-0.39, 0.29) is 33.6 Å². The topological polar surface area (TPSA) is 9.23 Å². The maximum absolute atomic E-state index is 15.3. The summed E-state index contributed by atoms with van der Waals surface area (Å²) in [6.07, 6.45) is 1.49. The first-order valence-corrected chi connectivity index (χ1v) is 14.3. The van der Waals surface area contributed by atoms with Crippen LogP contribution in [0.5, 0.6) is 0 Å². The van der Waals surface area contributed by atoms with E-state index in [0.717, 1.165) is 36.8 Å². The smallest absolute Gasteiger partial charge is 0.373 e. The highest BCUT2D eigenvalue weighted by atomic mass is 19.4. The van der Waals surface area contributed by atoms with Crippen LogP contribution in [0.15, 0.2) is 60.7 Å². The van der Waals surface area contributed by atoms with Crippen LogP contribution >= 0.6 is 0 Å². The highest BCUT2D eigenvalue weighted by Gasteiger charge is 2.25. The Kier molecular flexibility index (Phi) is 9.12. The lowest BCUT2D eigenvalue weighted by Crippen LogP contribution is -2.20. The molecule has 0 amide bonds. The van der Waals surface area contributed by atoms with Crippen LogP contribution in [-0.2, 0) is 4.74 Å². The highest BCUT2D eigenvalue weighted by molar-refractivity contribution is 5.89. The van der Waals surface area contributed by atoms with Crippen molar-refractivity contribution < 1.29 is 35.5 Å². The Morgan fingerprint density at radius 1 is 0.791 bits per heavy atom. The number of halogens is 7. The van der Waals surface area contributed by atoms with Gasteiger partial charge in [-0.1, -0.05) is 68.5 Å². The Morgan fingerprint density at radius 2 is 1.49 bits per heavy atom. The predicted molar refractivity (Wildman–Crippen MR) is 153 cm³/mol. The van der Waals surface area contributed by atoms with E-state index in [1.165, 1.54) is 61.6 Å². The molecule has 8 heteroatoms. The van der Waals surface area contributed by atoms with Gasteiger partial charge in [-0.2, -0.15) is 13.2 Å². The molecule has 0 radical (unpaired) electrons. The number of hydrogen-bond donors (Lipinski definition) is 0. The zero-order chi connectivity index (χ0) is 30.7. The molecule has 0 aliphatic carbocycles. The Labute approximate surface area is 245 Å². The number of hydrogen-bond acceptors (Lipinski definition) is 1. The van der Waals surface area contributed by atoms with Crippen molar-refractivity contribution in [1.82, 2.24) is 0 Å². The van der Waals surface area contributed by atoms with Crippen molar-refractivity contribution >= 4 is 10.8 Å². The number of unbranched alkanes of at least 4 members (excludes halogenated alkanes) is 2. The fraction of sp³-hybridized carbons (Fsp3) is 0.314. The average molecular weight is 599 g/mol. The molecule has 224 valence electrons. The van der Waals surface area contributed by atoms with Crippen molar-refractivity contribution in [2.24, 2.45) is 5.92 Å². The molecule has 1 aliphatic rings. The molecule has 1 fully saturated rings. The lowest BCUT2D eigenvalue weighted by molar-refractivity contribution is -0.0696. The van der Waals surface area contributed by atoms with E-state index in [1.54, 1.807) is 18.2 Å². The Morgan fingerprint density at radius 3 is 2.14 bits per heavy atom. The van der Waals surface area contributed by atoms with E-state index in [0.29, 0.717) is 18.1 Å². The molecule has 2 atom stereocenters. The monoisotopic (exact) mass is 598 g/mol. The summed E-state index contributed by atoms with van der Waals surface area (Å²) in [6, 6.07) is 13.8. The number of alkyl halides is 3. The second kappa shape index (κ2) is 12.8. The average Bonchev–Trinajstić information content (AvgIpc) is 2.96. The van der Waals surface area contributed by atoms with Crippen molar-refractivity contribution in [2.45, 2.75) is 57.7 Å². The molecule has 2 unspecified atom stereocenters. The van der Waals surface area contributed by atoms with E-state index >= 15 is 8.78 Å². The van der Waals surface area contributed by atoms with Gasteiger partial charge in [0.2, 0.25) is 0 Å². The first-order chi connectivity index (χ1) is 20.5. The van der Waals surface area contributed by atoms with Gasteiger partial charge in [0.25, 0.3) is 0 Å². The van der Waals surface area contributed by atoms with Gasteiger partial charge in [0.05, 0.1) is 18.3 Å². The number of ether oxygens (including phenoxy) is 1. The zero-order valence-corrected chi connectivity index (χ0v) is 23.4. The molecule has 0 saturated carbocycles. The summed E-state index contributed by atoms with van der Waals surface area (Å²) in [6.45, 7) is 2.83. The normalized spacial score (nSPS) is 17.1. The maximum atomic E-state index is 15.3. The molecule has 0 bridgehead atoms. The number of rotatable bonds is 7. The van der Waals surface area contributed by atoms with Gasteiger partial charge < -0.3 is 4.74 Å². The third kappa shape index (κ3) is 7.05. The molecule has 4 aromatic carbocycles. The summed E-state index contributed by atoms with van der Waals surface area (Å²) in [4.78, 5) is 0. The second-order valence-corrected chi connectivity index (χ2v) is 10.9. The van der Waals surface area contributed by atoms with E-state index < -0.39 is 35.0 Å². The molecule has 0 aromatic heterocycles. The lowest BCUT2D eigenvalue weighted by atomic mass is 9.90. The van der Waals surface area contributed by atoms with Crippen molar-refractivity contribution in [3.05, 3.63) is 95.1 Å². The Bertz CT molecular complexity index is 1690. The SMILES string of the molecule is CCCCCC1CCC(c2ccc(-c3ccc(-c4ccc5c(F)c(C#CC(F)(F)F)c(F)cc5c4)c(F)c3)c(F)c2)OC1. The van der Waals surface area contributed by atoms with Crippen LogP contribution in [0.3, 0.4) is 0 Å². The minimum Gasteiger partial charge on any atom is -0.373 e. The van der Waals surface area contributed by atoms with Gasteiger partial charge in [0, 0.05) is 22.4 Å². The molecule has 1 aliphatic heterocycles. The fourth-order valence-corrected chi connectivity index (χ4v) is 5.61. The van der Waals surface area contributed by atoms with E-state index in [9.17, 15) is 22.0 Å². The molecule has 1 nitrogen and oxygen atoms in total. The van der Waals surface area contributed by atoms with Crippen molar-refractivity contribution in [3.63, 3.8) is 0 Å². The Hall–Kier alpha value is -3.83. The van der Waals surface area contributed by atoms with Gasteiger partial charge in [0.1, 0.15) is 23.3 Å². The van der Waals surface area contributed by atoms with Crippen LogP contribution in [0.2, 0.25) is 0 Å². The van der Waals surface area contributed by atoms with Crippen LogP contribution in [0.4, 0.5) is 30.7 Å². The quantitative estimate of drug-likeness (QED) is 0.117. The van der Waals surface area contributed by atoms with Gasteiger partial charge >= 0.3 is 6.18 Å². The molecular weight excluding hydrogens is 569 g/mol. The number of benzene rings is 4. The Balaban J connectivity index is 1.35. The summed E-state index contributed by atoms with van der Waals surface area (Å²) in [7, 11) is 0. The first kappa shape index (κ1) is 30.6.